The lowest BCUT2D eigenvalue weighted by Crippen LogP contribution is -2.41. The van der Waals surface area contributed by atoms with E-state index in [1.165, 1.54) is 0 Å². The van der Waals surface area contributed by atoms with Crippen LogP contribution in [0.1, 0.15) is 20.8 Å². The number of rotatable bonds is 8. The van der Waals surface area contributed by atoms with Crippen molar-refractivity contribution in [3.8, 4) is 5.75 Å². The molecule has 1 N–H and O–H groups in total. The Morgan fingerprint density at radius 1 is 1.29 bits per heavy atom. The maximum atomic E-state index is 12.1. The fraction of sp³-hybridized carbons (Fsp3) is 0.500. The van der Waals surface area contributed by atoms with E-state index in [0.717, 1.165) is 17.7 Å². The SMILES string of the molecule is CCOC(=O)C(Nc1ccc(OC)cc1)C(C=O)C(C)C. The molecule has 1 aromatic rings. The Morgan fingerprint density at radius 3 is 2.33 bits per heavy atom. The van der Waals surface area contributed by atoms with Crippen LogP contribution in [0.3, 0.4) is 0 Å². The van der Waals surface area contributed by atoms with Gasteiger partial charge in [-0.2, -0.15) is 0 Å². The van der Waals surface area contributed by atoms with Crippen LogP contribution in [0.5, 0.6) is 5.75 Å². The minimum Gasteiger partial charge on any atom is -0.497 e. The van der Waals surface area contributed by atoms with Gasteiger partial charge in [0.1, 0.15) is 18.1 Å². The molecule has 2 unspecified atom stereocenters. The van der Waals surface area contributed by atoms with Crippen molar-refractivity contribution in [1.82, 2.24) is 0 Å². The number of nitrogens with one attached hydrogen (secondary N) is 1. The van der Waals surface area contributed by atoms with Gasteiger partial charge in [0.15, 0.2) is 0 Å². The second-order valence-corrected chi connectivity index (χ2v) is 5.06. The first kappa shape index (κ1) is 17.0. The van der Waals surface area contributed by atoms with E-state index >= 15 is 0 Å². The highest BCUT2D eigenvalue weighted by Crippen LogP contribution is 2.21. The summed E-state index contributed by atoms with van der Waals surface area (Å²) in [4.78, 5) is 23.4. The smallest absolute Gasteiger partial charge is 0.329 e. The van der Waals surface area contributed by atoms with E-state index in [-0.39, 0.29) is 12.5 Å². The molecule has 5 nitrogen and oxygen atoms in total. The van der Waals surface area contributed by atoms with Crippen molar-refractivity contribution in [2.24, 2.45) is 11.8 Å². The van der Waals surface area contributed by atoms with Crippen LogP contribution >= 0.6 is 0 Å². The number of aldehydes is 1. The van der Waals surface area contributed by atoms with E-state index in [9.17, 15) is 9.59 Å². The molecule has 0 fully saturated rings. The standard InChI is InChI=1S/C16H23NO4/c1-5-21-16(19)15(14(10-18)11(2)3)17-12-6-8-13(20-4)9-7-12/h6-11,14-15,17H,5H2,1-4H3. The number of carbonyl (C=O) groups excluding carboxylic acids is 2. The van der Waals surface area contributed by atoms with Gasteiger partial charge < -0.3 is 19.6 Å². The quantitative estimate of drug-likeness (QED) is 0.589. The molecule has 5 heteroatoms. The molecule has 0 saturated heterocycles. The number of carbonyl (C=O) groups is 2. The lowest BCUT2D eigenvalue weighted by molar-refractivity contribution is -0.146. The second-order valence-electron chi connectivity index (χ2n) is 5.06. The largest absolute Gasteiger partial charge is 0.497 e. The highest BCUT2D eigenvalue weighted by molar-refractivity contribution is 5.83. The van der Waals surface area contributed by atoms with Crippen LogP contribution in [0.15, 0.2) is 24.3 Å². The Labute approximate surface area is 125 Å². The van der Waals surface area contributed by atoms with E-state index in [1.54, 1.807) is 38.3 Å². The van der Waals surface area contributed by atoms with E-state index in [2.05, 4.69) is 5.32 Å². The zero-order valence-corrected chi connectivity index (χ0v) is 13.0. The molecule has 2 atom stereocenters. The first-order chi connectivity index (χ1) is 10.0. The Morgan fingerprint density at radius 2 is 1.90 bits per heavy atom. The molecule has 116 valence electrons. The monoisotopic (exact) mass is 293 g/mol. The summed E-state index contributed by atoms with van der Waals surface area (Å²) in [6.45, 7) is 5.83. The third-order valence-electron chi connectivity index (χ3n) is 3.26. The van der Waals surface area contributed by atoms with Gasteiger partial charge in [-0.3, -0.25) is 0 Å². The zero-order valence-electron chi connectivity index (χ0n) is 13.0. The maximum absolute atomic E-state index is 12.1. The van der Waals surface area contributed by atoms with E-state index in [4.69, 9.17) is 9.47 Å². The summed E-state index contributed by atoms with van der Waals surface area (Å²) in [6.07, 6.45) is 0.808. The minimum absolute atomic E-state index is 0.0302. The van der Waals surface area contributed by atoms with Gasteiger partial charge in [-0.05, 0) is 37.1 Å². The predicted octanol–water partition coefficient (Wildman–Crippen LogP) is 2.51. The number of esters is 1. The summed E-state index contributed by atoms with van der Waals surface area (Å²) in [5, 5.41) is 3.09. The highest BCUT2D eigenvalue weighted by atomic mass is 16.5. The molecule has 0 bridgehead atoms. The van der Waals surface area contributed by atoms with Crippen LogP contribution in [0, 0.1) is 11.8 Å². The van der Waals surface area contributed by atoms with Crippen LogP contribution < -0.4 is 10.1 Å². The molecule has 0 aliphatic carbocycles. The summed E-state index contributed by atoms with van der Waals surface area (Å²) >= 11 is 0. The van der Waals surface area contributed by atoms with Gasteiger partial charge >= 0.3 is 5.97 Å². The van der Waals surface area contributed by atoms with E-state index in [0.29, 0.717) is 0 Å². The Bertz CT molecular complexity index is 456. The van der Waals surface area contributed by atoms with Crippen LogP contribution in [-0.4, -0.2) is 32.0 Å². The number of hydrogen-bond acceptors (Lipinski definition) is 5. The minimum atomic E-state index is -0.698. The average molecular weight is 293 g/mol. The molecule has 0 aromatic heterocycles. The van der Waals surface area contributed by atoms with Crippen molar-refractivity contribution < 1.29 is 19.1 Å². The molecule has 1 rings (SSSR count). The average Bonchev–Trinajstić information content (AvgIpc) is 2.47. The zero-order chi connectivity index (χ0) is 15.8. The summed E-state index contributed by atoms with van der Waals surface area (Å²) in [5.41, 5.74) is 0.737. The summed E-state index contributed by atoms with van der Waals surface area (Å²) in [6, 6.07) is 6.47. The van der Waals surface area contributed by atoms with Crippen LogP contribution in [0.25, 0.3) is 0 Å². The van der Waals surface area contributed by atoms with Gasteiger partial charge in [-0.1, -0.05) is 13.8 Å². The van der Waals surface area contributed by atoms with Crippen LogP contribution in [0.2, 0.25) is 0 Å². The summed E-state index contributed by atoms with van der Waals surface area (Å²) < 4.78 is 10.2. The van der Waals surface area contributed by atoms with Gasteiger partial charge in [0, 0.05) is 11.6 Å². The molecular formula is C16H23NO4. The van der Waals surface area contributed by atoms with E-state index < -0.39 is 17.9 Å². The summed E-state index contributed by atoms with van der Waals surface area (Å²) in [7, 11) is 1.59. The highest BCUT2D eigenvalue weighted by Gasteiger charge is 2.31. The predicted molar refractivity (Wildman–Crippen MR) is 81.4 cm³/mol. The lowest BCUT2D eigenvalue weighted by atomic mass is 9.89. The Kier molecular flexibility index (Phi) is 6.72. The third-order valence-corrected chi connectivity index (χ3v) is 3.26. The number of ether oxygens (including phenoxy) is 2. The first-order valence-electron chi connectivity index (χ1n) is 7.06. The van der Waals surface area contributed by atoms with Crippen molar-refractivity contribution in [2.45, 2.75) is 26.8 Å². The fourth-order valence-corrected chi connectivity index (χ4v) is 2.03. The molecule has 0 amide bonds. The van der Waals surface area contributed by atoms with Crippen molar-refractivity contribution in [1.29, 1.82) is 0 Å². The van der Waals surface area contributed by atoms with Gasteiger partial charge in [0.05, 0.1) is 13.7 Å². The number of anilines is 1. The summed E-state index contributed by atoms with van der Waals surface area (Å²) in [5.74, 6) is -0.114. The van der Waals surface area contributed by atoms with Crippen molar-refractivity contribution in [3.05, 3.63) is 24.3 Å². The number of methoxy groups -OCH3 is 1. The first-order valence-corrected chi connectivity index (χ1v) is 7.06. The topological polar surface area (TPSA) is 64.6 Å². The van der Waals surface area contributed by atoms with Gasteiger partial charge in [0.2, 0.25) is 0 Å². The molecule has 0 spiro atoms. The normalized spacial score (nSPS) is 13.4. The molecule has 0 saturated carbocycles. The molecule has 0 aliphatic rings. The molecule has 0 aliphatic heterocycles. The molecular weight excluding hydrogens is 270 g/mol. The van der Waals surface area contributed by atoms with Crippen molar-refractivity contribution >= 4 is 17.9 Å². The van der Waals surface area contributed by atoms with Gasteiger partial charge in [-0.25, -0.2) is 4.79 Å². The molecule has 21 heavy (non-hydrogen) atoms. The maximum Gasteiger partial charge on any atom is 0.329 e. The molecule has 0 heterocycles. The fourth-order valence-electron chi connectivity index (χ4n) is 2.03. The number of hydrogen-bond donors (Lipinski definition) is 1. The Hall–Kier alpha value is -2.04. The van der Waals surface area contributed by atoms with Gasteiger partial charge in [0.25, 0.3) is 0 Å². The third kappa shape index (κ3) is 4.77. The Balaban J connectivity index is 2.94. The number of benzene rings is 1. The van der Waals surface area contributed by atoms with Crippen molar-refractivity contribution in [3.63, 3.8) is 0 Å². The van der Waals surface area contributed by atoms with Crippen LogP contribution in [-0.2, 0) is 14.3 Å². The van der Waals surface area contributed by atoms with E-state index in [1.807, 2.05) is 13.8 Å². The van der Waals surface area contributed by atoms with Crippen molar-refractivity contribution in [2.75, 3.05) is 19.0 Å². The molecule has 0 radical (unpaired) electrons. The lowest BCUT2D eigenvalue weighted by Gasteiger charge is -2.26. The second kappa shape index (κ2) is 8.29. The van der Waals surface area contributed by atoms with Gasteiger partial charge in [-0.15, -0.1) is 0 Å². The molecule has 1 aromatic carbocycles. The van der Waals surface area contributed by atoms with Crippen LogP contribution in [0.4, 0.5) is 5.69 Å².